The molecule has 2 rings (SSSR count). The first-order valence-electron chi connectivity index (χ1n) is 8.59. The fourth-order valence-corrected chi connectivity index (χ4v) is 4.67. The molecule has 7 nitrogen and oxygen atoms in total. The molecule has 5 N–H and O–H groups in total. The number of sulfonamides is 1. The van der Waals surface area contributed by atoms with Gasteiger partial charge in [0.1, 0.15) is 4.90 Å². The van der Waals surface area contributed by atoms with Crippen molar-refractivity contribution in [1.82, 2.24) is 10.0 Å². The van der Waals surface area contributed by atoms with Gasteiger partial charge in [-0.15, -0.1) is 38.0 Å². The molecule has 1 saturated carbocycles. The Labute approximate surface area is 194 Å². The monoisotopic (exact) mass is 558 g/mol. The van der Waals surface area contributed by atoms with Gasteiger partial charge in [0.25, 0.3) is 0 Å². The minimum Gasteiger partial charge on any atom is -0.404 e. The fourth-order valence-electron chi connectivity index (χ4n) is 3.11. The Morgan fingerprint density at radius 1 is 1.17 bits per heavy atom. The molecule has 0 radical (unpaired) electrons. The van der Waals surface area contributed by atoms with E-state index in [9.17, 15) is 21.6 Å². The van der Waals surface area contributed by atoms with E-state index in [1.807, 2.05) is 0 Å². The second-order valence-electron chi connectivity index (χ2n) is 6.67. The molecule has 1 aromatic rings. The molecule has 30 heavy (non-hydrogen) atoms. The minimum absolute atomic E-state index is 0. The van der Waals surface area contributed by atoms with E-state index in [-0.39, 0.29) is 47.7 Å². The fraction of sp³-hybridized carbons (Fsp3) is 0.562. The molecule has 0 saturated heterocycles. The smallest absolute Gasteiger partial charge is 0.404 e. The van der Waals surface area contributed by atoms with Crippen molar-refractivity contribution in [3.63, 3.8) is 0 Å². The van der Waals surface area contributed by atoms with Crippen molar-refractivity contribution in [2.45, 2.75) is 36.9 Å². The summed E-state index contributed by atoms with van der Waals surface area (Å²) in [7, 11) is -4.17. The van der Waals surface area contributed by atoms with Crippen LogP contribution in [0.3, 0.4) is 0 Å². The van der Waals surface area contributed by atoms with E-state index in [0.717, 1.165) is 37.8 Å². The molecule has 0 aliphatic heterocycles. The topological polar surface area (TPSA) is 117 Å². The van der Waals surface area contributed by atoms with Gasteiger partial charge in [-0.05, 0) is 55.7 Å². The van der Waals surface area contributed by atoms with Gasteiger partial charge >= 0.3 is 6.36 Å². The summed E-state index contributed by atoms with van der Waals surface area (Å²) >= 11 is 3.01. The van der Waals surface area contributed by atoms with Gasteiger partial charge in [-0.2, -0.15) is 0 Å². The highest BCUT2D eigenvalue weighted by molar-refractivity contribution is 9.10. The Hall–Kier alpha value is -0.950. The van der Waals surface area contributed by atoms with Gasteiger partial charge in [-0.1, -0.05) is 15.9 Å². The maximum atomic E-state index is 12.6. The average molecular weight is 560 g/mol. The summed E-state index contributed by atoms with van der Waals surface area (Å²) in [6.45, 7) is 0.738. The van der Waals surface area contributed by atoms with E-state index < -0.39 is 27.0 Å². The van der Waals surface area contributed by atoms with Gasteiger partial charge in [0.2, 0.25) is 10.0 Å². The first-order valence-corrected chi connectivity index (χ1v) is 10.9. The Morgan fingerprint density at radius 3 is 2.20 bits per heavy atom. The Bertz CT molecular complexity index is 807. The van der Waals surface area contributed by atoms with Crippen LogP contribution in [0.2, 0.25) is 0 Å². The number of alkyl halides is 3. The van der Waals surface area contributed by atoms with Gasteiger partial charge < -0.3 is 15.8 Å². The summed E-state index contributed by atoms with van der Waals surface area (Å²) in [5.74, 6) is -0.421. The number of hydrogen-bond acceptors (Lipinski definition) is 4. The first kappa shape index (κ1) is 29.1. The summed E-state index contributed by atoms with van der Waals surface area (Å²) in [4.78, 5) is -0.563. The summed E-state index contributed by atoms with van der Waals surface area (Å²) < 4.78 is 69.3. The largest absolute Gasteiger partial charge is 0.573 e. The summed E-state index contributed by atoms with van der Waals surface area (Å²) in [6.07, 6.45) is -1.74. The molecule has 174 valence electrons. The van der Waals surface area contributed by atoms with Crippen molar-refractivity contribution in [2.75, 3.05) is 13.1 Å². The molecule has 14 heteroatoms. The van der Waals surface area contributed by atoms with Crippen molar-refractivity contribution >= 4 is 56.7 Å². The standard InChI is InChI=1S/C16H22BrF3N4O3S.2ClH/c17-12-5-6-14(13(7-12)27-16(18,19)20)28(25,26)24-9-11-3-1-10(2-4-11)8-23-15(21)22;;/h5-7,10-11,24H,1-4,8-9H2,(H4,21,22,23);2*1H/t10-,11-;;. The van der Waals surface area contributed by atoms with Crippen molar-refractivity contribution in [1.29, 1.82) is 5.41 Å². The molecule has 0 spiro atoms. The van der Waals surface area contributed by atoms with Crippen LogP contribution in [0, 0.1) is 17.2 Å². The first-order chi connectivity index (χ1) is 13.0. The number of nitrogens with one attached hydrogen (secondary N) is 3. The molecule has 0 aromatic heterocycles. The molecular weight excluding hydrogens is 536 g/mol. The van der Waals surface area contributed by atoms with Crippen LogP contribution < -0.4 is 20.5 Å². The lowest BCUT2D eigenvalue weighted by atomic mass is 9.82. The van der Waals surface area contributed by atoms with Crippen molar-refractivity contribution < 1.29 is 26.3 Å². The van der Waals surface area contributed by atoms with Crippen molar-refractivity contribution in [2.24, 2.45) is 17.6 Å². The predicted octanol–water partition coefficient (Wildman–Crippen LogP) is 3.76. The molecule has 0 heterocycles. The van der Waals surface area contributed by atoms with Gasteiger partial charge in [0.15, 0.2) is 11.7 Å². The van der Waals surface area contributed by atoms with E-state index in [4.69, 9.17) is 11.1 Å². The van der Waals surface area contributed by atoms with Crippen molar-refractivity contribution in [3.05, 3.63) is 22.7 Å². The highest BCUT2D eigenvalue weighted by Crippen LogP contribution is 2.33. The quantitative estimate of drug-likeness (QED) is 0.300. The van der Waals surface area contributed by atoms with E-state index in [1.54, 1.807) is 0 Å². The number of hydrogen-bond donors (Lipinski definition) is 4. The third-order valence-corrected chi connectivity index (χ3v) is 6.49. The number of ether oxygens (including phenoxy) is 1. The van der Waals surface area contributed by atoms with Crippen LogP contribution >= 0.6 is 40.7 Å². The maximum absolute atomic E-state index is 12.6. The molecule has 1 aromatic carbocycles. The SMILES string of the molecule is Cl.Cl.N=C(N)NC[C@H]1CC[C@H](CNS(=O)(=O)c2ccc(Br)cc2OC(F)(F)F)CC1. The third kappa shape index (κ3) is 9.46. The number of benzene rings is 1. The van der Waals surface area contributed by atoms with E-state index in [0.29, 0.717) is 12.5 Å². The molecule has 1 aliphatic rings. The summed E-state index contributed by atoms with van der Waals surface area (Å²) in [6, 6.07) is 3.37. The number of guanidine groups is 1. The molecule has 1 aliphatic carbocycles. The van der Waals surface area contributed by atoms with Crippen LogP contribution in [-0.4, -0.2) is 33.8 Å². The molecule has 1 fully saturated rings. The second kappa shape index (κ2) is 12.2. The Balaban J connectivity index is 0.00000420. The number of nitrogens with two attached hydrogens (primary N) is 1. The van der Waals surface area contributed by atoms with E-state index in [2.05, 4.69) is 30.7 Å². The zero-order chi connectivity index (χ0) is 20.9. The third-order valence-electron chi connectivity index (χ3n) is 4.53. The number of rotatable bonds is 7. The molecule has 0 amide bonds. The van der Waals surface area contributed by atoms with Crippen LogP contribution in [0.15, 0.2) is 27.6 Å². The Kier molecular flexibility index (Phi) is 11.8. The highest BCUT2D eigenvalue weighted by Gasteiger charge is 2.34. The lowest BCUT2D eigenvalue weighted by Gasteiger charge is -2.28. The maximum Gasteiger partial charge on any atom is 0.573 e. The average Bonchev–Trinajstić information content (AvgIpc) is 2.57. The second-order valence-corrected chi connectivity index (χ2v) is 9.32. The molecular formula is C16H24BrCl2F3N4O3S. The zero-order valence-corrected chi connectivity index (χ0v) is 19.7. The van der Waals surface area contributed by atoms with E-state index in [1.165, 1.54) is 6.07 Å². The predicted molar refractivity (Wildman–Crippen MR) is 116 cm³/mol. The number of halogens is 6. The van der Waals surface area contributed by atoms with Crippen molar-refractivity contribution in [3.8, 4) is 5.75 Å². The Morgan fingerprint density at radius 2 is 1.70 bits per heavy atom. The molecule has 0 unspecified atom stereocenters. The lowest BCUT2D eigenvalue weighted by molar-refractivity contribution is -0.275. The van der Waals surface area contributed by atoms with Gasteiger partial charge in [0.05, 0.1) is 0 Å². The highest BCUT2D eigenvalue weighted by atomic mass is 79.9. The summed E-state index contributed by atoms with van der Waals surface area (Å²) in [5.41, 5.74) is 5.26. The van der Waals surface area contributed by atoms with Gasteiger partial charge in [0, 0.05) is 17.6 Å². The van der Waals surface area contributed by atoms with Crippen LogP contribution in [0.5, 0.6) is 5.75 Å². The molecule has 0 bridgehead atoms. The van der Waals surface area contributed by atoms with Crippen LogP contribution in [0.25, 0.3) is 0 Å². The van der Waals surface area contributed by atoms with Crippen LogP contribution in [-0.2, 0) is 10.0 Å². The lowest BCUT2D eigenvalue weighted by Crippen LogP contribution is -2.37. The van der Waals surface area contributed by atoms with Gasteiger partial charge in [-0.25, -0.2) is 13.1 Å². The normalized spacial score (nSPS) is 19.2. The summed E-state index contributed by atoms with van der Waals surface area (Å²) in [5, 5.41) is 9.94. The van der Waals surface area contributed by atoms with E-state index >= 15 is 0 Å². The van der Waals surface area contributed by atoms with Crippen LogP contribution in [0.1, 0.15) is 25.7 Å². The molecule has 0 atom stereocenters. The zero-order valence-electron chi connectivity index (χ0n) is 15.7. The minimum atomic E-state index is -5.00. The van der Waals surface area contributed by atoms with Gasteiger partial charge in [-0.3, -0.25) is 5.41 Å². The van der Waals surface area contributed by atoms with Crippen LogP contribution in [0.4, 0.5) is 13.2 Å².